The molecule has 18 heavy (non-hydrogen) atoms. The minimum absolute atomic E-state index is 0.0666. The van der Waals surface area contributed by atoms with Gasteiger partial charge >= 0.3 is 0 Å². The van der Waals surface area contributed by atoms with Gasteiger partial charge in [-0.15, -0.1) is 0 Å². The molecule has 1 atom stereocenters. The van der Waals surface area contributed by atoms with Gasteiger partial charge in [0.25, 0.3) is 0 Å². The van der Waals surface area contributed by atoms with Crippen LogP contribution in [-0.4, -0.2) is 35.3 Å². The Labute approximate surface area is 107 Å². The maximum Gasteiger partial charge on any atom is 0.223 e. The van der Waals surface area contributed by atoms with Crippen LogP contribution in [0.3, 0.4) is 0 Å². The van der Waals surface area contributed by atoms with Crippen molar-refractivity contribution < 1.29 is 4.74 Å². The zero-order chi connectivity index (χ0) is 13.0. The average molecular weight is 251 g/mol. The number of ether oxygens (including phenoxy) is 1. The highest BCUT2D eigenvalue weighted by Crippen LogP contribution is 2.24. The van der Waals surface area contributed by atoms with E-state index in [9.17, 15) is 0 Å². The number of hydrogen-bond donors (Lipinski definition) is 3. The van der Waals surface area contributed by atoms with E-state index in [-0.39, 0.29) is 11.5 Å². The van der Waals surface area contributed by atoms with Crippen LogP contribution in [0.5, 0.6) is 0 Å². The summed E-state index contributed by atoms with van der Waals surface area (Å²) in [5, 5.41) is 6.59. The molecular weight excluding hydrogens is 230 g/mol. The molecule has 0 saturated carbocycles. The van der Waals surface area contributed by atoms with Gasteiger partial charge in [-0.3, -0.25) is 0 Å². The van der Waals surface area contributed by atoms with E-state index in [1.54, 1.807) is 0 Å². The topological polar surface area (TPSA) is 85.1 Å². The number of rotatable bonds is 5. The summed E-state index contributed by atoms with van der Waals surface area (Å²) in [4.78, 5) is 8.36. The lowest BCUT2D eigenvalue weighted by atomic mass is 10.0. The Hall–Kier alpha value is -1.56. The molecule has 0 spiro atoms. The molecule has 6 nitrogen and oxygen atoms in total. The van der Waals surface area contributed by atoms with Crippen LogP contribution in [0.1, 0.15) is 26.7 Å². The maximum atomic E-state index is 5.72. The Bertz CT molecular complexity index is 403. The van der Waals surface area contributed by atoms with Crippen molar-refractivity contribution in [2.45, 2.75) is 32.2 Å². The van der Waals surface area contributed by atoms with Gasteiger partial charge in [0.2, 0.25) is 5.95 Å². The van der Waals surface area contributed by atoms with Crippen LogP contribution in [0.15, 0.2) is 6.07 Å². The van der Waals surface area contributed by atoms with Crippen molar-refractivity contribution in [1.82, 2.24) is 9.97 Å². The van der Waals surface area contributed by atoms with Crippen LogP contribution >= 0.6 is 0 Å². The van der Waals surface area contributed by atoms with Gasteiger partial charge in [-0.1, -0.05) is 6.92 Å². The van der Waals surface area contributed by atoms with E-state index in [2.05, 4.69) is 34.4 Å². The second-order valence-corrected chi connectivity index (χ2v) is 4.91. The second kappa shape index (κ2) is 5.39. The third kappa shape index (κ3) is 3.22. The summed E-state index contributed by atoms with van der Waals surface area (Å²) in [6, 6.07) is 1.88. The molecule has 0 aromatic carbocycles. The van der Waals surface area contributed by atoms with E-state index in [0.717, 1.165) is 37.6 Å². The van der Waals surface area contributed by atoms with Gasteiger partial charge in [-0.2, -0.15) is 9.97 Å². The maximum absolute atomic E-state index is 5.72. The highest BCUT2D eigenvalue weighted by Gasteiger charge is 2.29. The lowest BCUT2D eigenvalue weighted by molar-refractivity contribution is 0.185. The van der Waals surface area contributed by atoms with Gasteiger partial charge < -0.3 is 21.1 Å². The van der Waals surface area contributed by atoms with Gasteiger partial charge in [-0.25, -0.2) is 0 Å². The summed E-state index contributed by atoms with van der Waals surface area (Å²) in [6.07, 6.45) is 2.01. The summed E-state index contributed by atoms with van der Waals surface area (Å²) >= 11 is 0. The molecule has 1 aliphatic rings. The zero-order valence-electron chi connectivity index (χ0n) is 11.0. The summed E-state index contributed by atoms with van der Waals surface area (Å²) in [6.45, 7) is 6.57. The molecule has 0 radical (unpaired) electrons. The van der Waals surface area contributed by atoms with E-state index in [0.29, 0.717) is 6.61 Å². The molecule has 1 fully saturated rings. The number of nitrogens with zero attached hydrogens (tertiary/aromatic N) is 2. The van der Waals surface area contributed by atoms with Crippen molar-refractivity contribution >= 4 is 17.6 Å². The molecule has 0 bridgehead atoms. The van der Waals surface area contributed by atoms with Crippen molar-refractivity contribution in [2.24, 2.45) is 0 Å². The molecular formula is C12H21N5O. The number of nitrogens with two attached hydrogens (primary N) is 1. The average Bonchev–Trinajstić information content (AvgIpc) is 2.72. The lowest BCUT2D eigenvalue weighted by Gasteiger charge is -2.24. The molecule has 1 aliphatic heterocycles. The van der Waals surface area contributed by atoms with Crippen molar-refractivity contribution in [3.8, 4) is 0 Å². The number of anilines is 3. The molecule has 0 aliphatic carbocycles. The molecule has 4 N–H and O–H groups in total. The van der Waals surface area contributed by atoms with E-state index < -0.39 is 0 Å². The number of nitrogen functional groups attached to an aromatic ring is 1. The second-order valence-electron chi connectivity index (χ2n) is 4.91. The van der Waals surface area contributed by atoms with Crippen LogP contribution < -0.4 is 16.4 Å². The third-order valence-electron chi connectivity index (χ3n) is 2.95. The van der Waals surface area contributed by atoms with Crippen LogP contribution in [0, 0.1) is 0 Å². The molecule has 1 aromatic heterocycles. The van der Waals surface area contributed by atoms with Crippen LogP contribution in [0.4, 0.5) is 17.6 Å². The molecule has 1 unspecified atom stereocenters. The minimum atomic E-state index is -0.0666. The fourth-order valence-corrected chi connectivity index (χ4v) is 1.95. The first-order valence-corrected chi connectivity index (χ1v) is 6.36. The van der Waals surface area contributed by atoms with Gasteiger partial charge in [0, 0.05) is 19.2 Å². The third-order valence-corrected chi connectivity index (χ3v) is 2.95. The van der Waals surface area contributed by atoms with E-state index in [4.69, 9.17) is 10.5 Å². The lowest BCUT2D eigenvalue weighted by Crippen LogP contribution is -2.35. The summed E-state index contributed by atoms with van der Waals surface area (Å²) < 4.78 is 5.40. The van der Waals surface area contributed by atoms with Gasteiger partial charge in [0.05, 0.1) is 12.1 Å². The largest absolute Gasteiger partial charge is 0.379 e. The quantitative estimate of drug-likeness (QED) is 0.735. The monoisotopic (exact) mass is 251 g/mol. The normalized spacial score (nSPS) is 23.0. The molecule has 1 aromatic rings. The fourth-order valence-electron chi connectivity index (χ4n) is 1.95. The number of aromatic nitrogens is 2. The first-order valence-electron chi connectivity index (χ1n) is 6.36. The Balaban J connectivity index is 2.09. The Morgan fingerprint density at radius 3 is 2.89 bits per heavy atom. The highest BCUT2D eigenvalue weighted by molar-refractivity contribution is 5.52. The first kappa shape index (κ1) is 12.9. The standard InChI is InChI=1S/C12H21N5O/c1-3-5-14-9-7-10(16-11(13)15-9)17-12(2)4-6-18-8-12/h7H,3-6,8H2,1-2H3,(H4,13,14,15,16,17). The summed E-state index contributed by atoms with van der Waals surface area (Å²) in [5.74, 6) is 1.78. The van der Waals surface area contributed by atoms with Crippen LogP contribution in [0.2, 0.25) is 0 Å². The summed E-state index contributed by atoms with van der Waals surface area (Å²) in [7, 11) is 0. The summed E-state index contributed by atoms with van der Waals surface area (Å²) in [5.41, 5.74) is 5.65. The molecule has 6 heteroatoms. The molecule has 0 amide bonds. The van der Waals surface area contributed by atoms with Crippen molar-refractivity contribution in [2.75, 3.05) is 36.1 Å². The molecule has 1 saturated heterocycles. The predicted molar refractivity (Wildman–Crippen MR) is 72.7 cm³/mol. The Kier molecular flexibility index (Phi) is 3.86. The van der Waals surface area contributed by atoms with E-state index >= 15 is 0 Å². The molecule has 100 valence electrons. The van der Waals surface area contributed by atoms with Gasteiger partial charge in [0.15, 0.2) is 0 Å². The minimum Gasteiger partial charge on any atom is -0.379 e. The fraction of sp³-hybridized carbons (Fsp3) is 0.667. The van der Waals surface area contributed by atoms with Gasteiger partial charge in [-0.05, 0) is 19.8 Å². The molecule has 2 rings (SSSR count). The SMILES string of the molecule is CCCNc1cc(NC2(C)CCOC2)nc(N)n1. The van der Waals surface area contributed by atoms with Crippen LogP contribution in [0.25, 0.3) is 0 Å². The van der Waals surface area contributed by atoms with Gasteiger partial charge in [0.1, 0.15) is 11.6 Å². The number of nitrogens with one attached hydrogen (secondary N) is 2. The van der Waals surface area contributed by atoms with E-state index in [1.165, 1.54) is 0 Å². The van der Waals surface area contributed by atoms with Crippen molar-refractivity contribution in [3.63, 3.8) is 0 Å². The predicted octanol–water partition coefficient (Wildman–Crippen LogP) is 1.47. The smallest absolute Gasteiger partial charge is 0.223 e. The number of hydrogen-bond acceptors (Lipinski definition) is 6. The van der Waals surface area contributed by atoms with Crippen molar-refractivity contribution in [3.05, 3.63) is 6.07 Å². The Morgan fingerprint density at radius 2 is 2.22 bits per heavy atom. The van der Waals surface area contributed by atoms with E-state index in [1.807, 2.05) is 6.07 Å². The molecule has 2 heterocycles. The van der Waals surface area contributed by atoms with Crippen LogP contribution in [-0.2, 0) is 4.74 Å². The Morgan fingerprint density at radius 1 is 1.44 bits per heavy atom. The highest BCUT2D eigenvalue weighted by atomic mass is 16.5. The zero-order valence-corrected chi connectivity index (χ0v) is 11.0. The first-order chi connectivity index (χ1) is 8.61. The van der Waals surface area contributed by atoms with Crippen molar-refractivity contribution in [1.29, 1.82) is 0 Å².